The third kappa shape index (κ3) is 6.09. The summed E-state index contributed by atoms with van der Waals surface area (Å²) < 4.78 is 22.2. The molecule has 0 saturated carbocycles. The van der Waals surface area contributed by atoms with Gasteiger partial charge in [-0.15, -0.1) is 0 Å². The molecule has 0 N–H and O–H groups in total. The molecule has 5 heteroatoms. The monoisotopic (exact) mass is 406 g/mol. The van der Waals surface area contributed by atoms with E-state index in [4.69, 9.17) is 18.9 Å². The summed E-state index contributed by atoms with van der Waals surface area (Å²) in [5.74, 6) is 2.11. The van der Waals surface area contributed by atoms with Crippen molar-refractivity contribution in [2.45, 2.75) is 6.92 Å². The predicted octanol–water partition coefficient (Wildman–Crippen LogP) is 4.71. The van der Waals surface area contributed by atoms with Gasteiger partial charge in [-0.25, -0.2) is 0 Å². The normalized spacial score (nSPS) is 10.5. The molecule has 3 aromatic carbocycles. The quantitative estimate of drug-likeness (QED) is 0.341. The fraction of sp³-hybridized carbons (Fsp3) is 0.240. The van der Waals surface area contributed by atoms with E-state index in [0.29, 0.717) is 54.8 Å². The van der Waals surface area contributed by atoms with E-state index in [1.54, 1.807) is 31.4 Å². The van der Waals surface area contributed by atoms with Gasteiger partial charge in [0.05, 0.1) is 20.3 Å². The fourth-order valence-corrected chi connectivity index (χ4v) is 2.88. The van der Waals surface area contributed by atoms with Crippen LogP contribution in [0.3, 0.4) is 0 Å². The molecule has 0 amide bonds. The lowest BCUT2D eigenvalue weighted by Gasteiger charge is -2.12. The van der Waals surface area contributed by atoms with Gasteiger partial charge in [0, 0.05) is 11.1 Å². The van der Waals surface area contributed by atoms with Gasteiger partial charge in [0.2, 0.25) is 0 Å². The molecule has 0 aliphatic heterocycles. The Hall–Kier alpha value is -3.31. The number of benzene rings is 3. The number of ether oxygens (including phenoxy) is 4. The summed E-state index contributed by atoms with van der Waals surface area (Å²) in [6.07, 6.45) is 0. The molecule has 0 unspecified atom stereocenters. The Bertz CT molecular complexity index is 936. The van der Waals surface area contributed by atoms with E-state index in [-0.39, 0.29) is 5.78 Å². The van der Waals surface area contributed by atoms with Crippen LogP contribution in [0.1, 0.15) is 21.5 Å². The van der Waals surface area contributed by atoms with Gasteiger partial charge in [-0.2, -0.15) is 0 Å². The highest BCUT2D eigenvalue weighted by molar-refractivity contribution is 6.08. The zero-order chi connectivity index (χ0) is 21.2. The van der Waals surface area contributed by atoms with Crippen molar-refractivity contribution in [2.24, 2.45) is 0 Å². The van der Waals surface area contributed by atoms with Gasteiger partial charge in [0.1, 0.15) is 19.0 Å². The smallest absolute Gasteiger partial charge is 0.193 e. The Kier molecular flexibility index (Phi) is 7.86. The van der Waals surface area contributed by atoms with Crippen molar-refractivity contribution in [1.29, 1.82) is 0 Å². The summed E-state index contributed by atoms with van der Waals surface area (Å²) in [5, 5.41) is 0. The van der Waals surface area contributed by atoms with Crippen molar-refractivity contribution in [3.05, 3.63) is 89.5 Å². The zero-order valence-corrected chi connectivity index (χ0v) is 17.3. The van der Waals surface area contributed by atoms with Crippen LogP contribution in [0.15, 0.2) is 72.8 Å². The average molecular weight is 406 g/mol. The topological polar surface area (TPSA) is 54.0 Å². The molecule has 0 atom stereocenters. The lowest BCUT2D eigenvalue weighted by molar-refractivity contribution is 0.0757. The molecular formula is C25H26O5. The van der Waals surface area contributed by atoms with Crippen molar-refractivity contribution in [1.82, 2.24) is 0 Å². The number of methoxy groups -OCH3 is 1. The largest absolute Gasteiger partial charge is 0.493 e. The SMILES string of the molecule is COc1cc(C)ccc1OCCOCCOc1ccc(C(=O)c2ccccc2)cc1. The first-order valence-corrected chi connectivity index (χ1v) is 9.85. The third-order valence-corrected chi connectivity index (χ3v) is 4.45. The fourth-order valence-electron chi connectivity index (χ4n) is 2.88. The van der Waals surface area contributed by atoms with Crippen LogP contribution in [0.25, 0.3) is 0 Å². The minimum Gasteiger partial charge on any atom is -0.493 e. The zero-order valence-electron chi connectivity index (χ0n) is 17.3. The number of carbonyl (C=O) groups excluding carboxylic acids is 1. The molecule has 3 aromatic rings. The maximum atomic E-state index is 12.4. The summed E-state index contributed by atoms with van der Waals surface area (Å²) in [5.41, 5.74) is 2.42. The Morgan fingerprint density at radius 1 is 0.733 bits per heavy atom. The van der Waals surface area contributed by atoms with E-state index in [9.17, 15) is 4.79 Å². The highest BCUT2D eigenvalue weighted by atomic mass is 16.6. The predicted molar refractivity (Wildman–Crippen MR) is 116 cm³/mol. The minimum absolute atomic E-state index is 0.00399. The second-order valence-electron chi connectivity index (χ2n) is 6.68. The molecule has 0 fully saturated rings. The maximum absolute atomic E-state index is 12.4. The van der Waals surface area contributed by atoms with E-state index in [2.05, 4.69) is 0 Å². The van der Waals surface area contributed by atoms with Crippen molar-refractivity contribution >= 4 is 5.78 Å². The van der Waals surface area contributed by atoms with Crippen molar-refractivity contribution in [3.8, 4) is 17.2 Å². The van der Waals surface area contributed by atoms with Gasteiger partial charge < -0.3 is 18.9 Å². The highest BCUT2D eigenvalue weighted by Gasteiger charge is 2.08. The van der Waals surface area contributed by atoms with Crippen molar-refractivity contribution in [2.75, 3.05) is 33.5 Å². The Morgan fingerprint density at radius 2 is 1.40 bits per heavy atom. The van der Waals surface area contributed by atoms with Crippen molar-refractivity contribution < 1.29 is 23.7 Å². The summed E-state index contributed by atoms with van der Waals surface area (Å²) in [7, 11) is 1.62. The summed E-state index contributed by atoms with van der Waals surface area (Å²) >= 11 is 0. The van der Waals surface area contributed by atoms with Crippen LogP contribution in [-0.2, 0) is 4.74 Å². The Morgan fingerprint density at radius 3 is 2.10 bits per heavy atom. The molecule has 0 aromatic heterocycles. The molecule has 5 nitrogen and oxygen atoms in total. The molecule has 0 aliphatic carbocycles. The second kappa shape index (κ2) is 11.0. The van der Waals surface area contributed by atoms with Gasteiger partial charge in [-0.05, 0) is 48.9 Å². The van der Waals surface area contributed by atoms with E-state index >= 15 is 0 Å². The van der Waals surface area contributed by atoms with Crippen LogP contribution in [0.2, 0.25) is 0 Å². The molecule has 0 heterocycles. The molecule has 0 bridgehead atoms. The Labute approximate surface area is 177 Å². The molecule has 0 radical (unpaired) electrons. The molecule has 0 spiro atoms. The van der Waals surface area contributed by atoms with Crippen LogP contribution in [0, 0.1) is 6.92 Å². The standard InChI is InChI=1S/C25H26O5/c1-19-8-13-23(24(18-19)27-2)30-17-15-28-14-16-29-22-11-9-21(10-12-22)25(26)20-6-4-3-5-7-20/h3-13,18H,14-17H2,1-2H3. The van der Waals surface area contributed by atoms with E-state index in [1.165, 1.54) is 0 Å². The summed E-state index contributed by atoms with van der Waals surface area (Å²) in [4.78, 5) is 12.4. The van der Waals surface area contributed by atoms with Gasteiger partial charge in [0.15, 0.2) is 17.3 Å². The number of hydrogen-bond donors (Lipinski definition) is 0. The molecule has 156 valence electrons. The first kappa shape index (κ1) is 21.4. The lowest BCUT2D eigenvalue weighted by atomic mass is 10.0. The van der Waals surface area contributed by atoms with E-state index in [0.717, 1.165) is 5.56 Å². The van der Waals surface area contributed by atoms with Gasteiger partial charge >= 0.3 is 0 Å². The average Bonchev–Trinajstić information content (AvgIpc) is 2.79. The van der Waals surface area contributed by atoms with Crippen LogP contribution >= 0.6 is 0 Å². The summed E-state index contributed by atoms with van der Waals surface area (Å²) in [6, 6.07) is 22.2. The van der Waals surface area contributed by atoms with Crippen LogP contribution < -0.4 is 14.2 Å². The number of ketones is 1. The second-order valence-corrected chi connectivity index (χ2v) is 6.68. The molecule has 0 aliphatic rings. The molecule has 30 heavy (non-hydrogen) atoms. The van der Waals surface area contributed by atoms with Crippen LogP contribution in [-0.4, -0.2) is 39.3 Å². The number of rotatable bonds is 11. The van der Waals surface area contributed by atoms with Crippen molar-refractivity contribution in [3.63, 3.8) is 0 Å². The molecule has 0 saturated heterocycles. The maximum Gasteiger partial charge on any atom is 0.193 e. The molecule has 3 rings (SSSR count). The van der Waals surface area contributed by atoms with Gasteiger partial charge in [-0.3, -0.25) is 4.79 Å². The summed E-state index contributed by atoms with van der Waals surface area (Å²) in [6.45, 7) is 3.74. The van der Waals surface area contributed by atoms with Gasteiger partial charge in [0.25, 0.3) is 0 Å². The number of carbonyl (C=O) groups is 1. The number of hydrogen-bond acceptors (Lipinski definition) is 5. The van der Waals surface area contributed by atoms with Crippen LogP contribution in [0.4, 0.5) is 0 Å². The Balaban J connectivity index is 1.34. The lowest BCUT2D eigenvalue weighted by Crippen LogP contribution is -2.12. The first-order valence-electron chi connectivity index (χ1n) is 9.85. The first-order chi connectivity index (χ1) is 14.7. The van der Waals surface area contributed by atoms with E-state index < -0.39 is 0 Å². The van der Waals surface area contributed by atoms with E-state index in [1.807, 2.05) is 55.5 Å². The molecular weight excluding hydrogens is 380 g/mol. The third-order valence-electron chi connectivity index (χ3n) is 4.45. The number of aryl methyl sites for hydroxylation is 1. The van der Waals surface area contributed by atoms with Gasteiger partial charge in [-0.1, -0.05) is 36.4 Å². The highest BCUT2D eigenvalue weighted by Crippen LogP contribution is 2.27. The van der Waals surface area contributed by atoms with Crippen LogP contribution in [0.5, 0.6) is 17.2 Å². The minimum atomic E-state index is -0.00399.